The van der Waals surface area contributed by atoms with E-state index < -0.39 is 6.10 Å². The highest BCUT2D eigenvalue weighted by atomic mass is 16.6. The molecule has 0 aromatic heterocycles. The Balaban J connectivity index is 4.30. The molecule has 0 N–H and O–H groups in total. The van der Waals surface area contributed by atoms with Crippen LogP contribution >= 0.6 is 0 Å². The Morgan fingerprint density at radius 2 is 0.545 bits per heavy atom. The van der Waals surface area contributed by atoms with Crippen LogP contribution in [0.15, 0.2) is 24.3 Å². The number of hydrogen-bond donors (Lipinski definition) is 0. The summed E-state index contributed by atoms with van der Waals surface area (Å²) in [6, 6.07) is 0. The average Bonchev–Trinajstić information content (AvgIpc) is 3.31. The predicted octanol–water partition coefficient (Wildman–Crippen LogP) is 19.5. The zero-order valence-electron chi connectivity index (χ0n) is 44.5. The van der Waals surface area contributed by atoms with Crippen molar-refractivity contribution in [2.24, 2.45) is 0 Å². The van der Waals surface area contributed by atoms with Crippen molar-refractivity contribution < 1.29 is 28.6 Å². The van der Waals surface area contributed by atoms with Gasteiger partial charge in [-0.3, -0.25) is 14.4 Å². The molecule has 0 spiro atoms. The van der Waals surface area contributed by atoms with Gasteiger partial charge in [-0.1, -0.05) is 276 Å². The van der Waals surface area contributed by atoms with Crippen LogP contribution in [0.1, 0.15) is 323 Å². The second-order valence-corrected chi connectivity index (χ2v) is 19.9. The van der Waals surface area contributed by atoms with E-state index in [1.165, 1.54) is 212 Å². The minimum atomic E-state index is -0.770. The fourth-order valence-corrected chi connectivity index (χ4v) is 8.77. The smallest absolute Gasteiger partial charge is 0.306 e. The highest BCUT2D eigenvalue weighted by molar-refractivity contribution is 5.71. The maximum absolute atomic E-state index is 12.8. The van der Waals surface area contributed by atoms with Gasteiger partial charge in [0.05, 0.1) is 0 Å². The molecule has 388 valence electrons. The minimum absolute atomic E-state index is 0.0689. The Bertz CT molecular complexity index is 1070. The lowest BCUT2D eigenvalue weighted by Gasteiger charge is -2.18. The van der Waals surface area contributed by atoms with E-state index >= 15 is 0 Å². The molecule has 0 aliphatic carbocycles. The van der Waals surface area contributed by atoms with E-state index in [-0.39, 0.29) is 31.1 Å². The van der Waals surface area contributed by atoms with Crippen molar-refractivity contribution in [1.29, 1.82) is 0 Å². The highest BCUT2D eigenvalue weighted by Crippen LogP contribution is 2.17. The van der Waals surface area contributed by atoms with Crippen LogP contribution in [-0.4, -0.2) is 37.2 Å². The first-order valence-electron chi connectivity index (χ1n) is 29.3. The van der Waals surface area contributed by atoms with Gasteiger partial charge in [0.25, 0.3) is 0 Å². The first-order chi connectivity index (χ1) is 32.5. The summed E-state index contributed by atoms with van der Waals surface area (Å²) in [5, 5.41) is 0. The fourth-order valence-electron chi connectivity index (χ4n) is 8.77. The molecule has 0 fully saturated rings. The predicted molar refractivity (Wildman–Crippen MR) is 284 cm³/mol. The summed E-state index contributed by atoms with van der Waals surface area (Å²) >= 11 is 0. The lowest BCUT2D eigenvalue weighted by Crippen LogP contribution is -2.30. The van der Waals surface area contributed by atoms with Crippen LogP contribution in [0, 0.1) is 0 Å². The van der Waals surface area contributed by atoms with E-state index in [9.17, 15) is 14.4 Å². The Labute approximate surface area is 411 Å². The summed E-state index contributed by atoms with van der Waals surface area (Å²) in [7, 11) is 0. The van der Waals surface area contributed by atoms with Crippen LogP contribution < -0.4 is 0 Å². The lowest BCUT2D eigenvalue weighted by molar-refractivity contribution is -0.167. The second kappa shape index (κ2) is 55.5. The van der Waals surface area contributed by atoms with Crippen LogP contribution in [-0.2, 0) is 28.6 Å². The minimum Gasteiger partial charge on any atom is -0.462 e. The van der Waals surface area contributed by atoms with Crippen molar-refractivity contribution in [2.75, 3.05) is 13.2 Å². The van der Waals surface area contributed by atoms with Crippen LogP contribution in [0.5, 0.6) is 0 Å². The number of allylic oxidation sites excluding steroid dienone is 4. The molecule has 0 saturated carbocycles. The molecular formula is C60H112O6. The number of carbonyl (C=O) groups excluding carboxylic acids is 3. The number of unbranched alkanes of at least 4 members (excludes halogenated alkanes) is 39. The fraction of sp³-hybridized carbons (Fsp3) is 0.883. The van der Waals surface area contributed by atoms with Crippen LogP contribution in [0.2, 0.25) is 0 Å². The summed E-state index contributed by atoms with van der Waals surface area (Å²) in [5.74, 6) is -0.855. The summed E-state index contributed by atoms with van der Waals surface area (Å²) in [4.78, 5) is 38.1. The molecule has 0 amide bonds. The molecule has 0 heterocycles. The molecule has 0 saturated heterocycles. The van der Waals surface area contributed by atoms with Crippen molar-refractivity contribution in [1.82, 2.24) is 0 Å². The van der Waals surface area contributed by atoms with Gasteiger partial charge in [0, 0.05) is 19.3 Å². The molecule has 6 nitrogen and oxygen atoms in total. The zero-order valence-corrected chi connectivity index (χ0v) is 44.5. The molecular weight excluding hydrogens is 817 g/mol. The molecule has 6 heteroatoms. The normalized spacial score (nSPS) is 12.1. The number of esters is 3. The molecule has 0 aliphatic rings. The molecule has 0 unspecified atom stereocenters. The molecule has 66 heavy (non-hydrogen) atoms. The molecule has 0 bridgehead atoms. The van der Waals surface area contributed by atoms with E-state index in [2.05, 4.69) is 45.1 Å². The van der Waals surface area contributed by atoms with Gasteiger partial charge in [-0.05, 0) is 51.4 Å². The van der Waals surface area contributed by atoms with E-state index in [0.29, 0.717) is 19.3 Å². The summed E-state index contributed by atoms with van der Waals surface area (Å²) in [6.45, 7) is 6.66. The summed E-state index contributed by atoms with van der Waals surface area (Å²) in [5.41, 5.74) is 0. The monoisotopic (exact) mass is 929 g/mol. The lowest BCUT2D eigenvalue weighted by atomic mass is 10.0. The van der Waals surface area contributed by atoms with Crippen molar-refractivity contribution in [3.8, 4) is 0 Å². The van der Waals surface area contributed by atoms with E-state index in [4.69, 9.17) is 14.2 Å². The first kappa shape index (κ1) is 63.9. The van der Waals surface area contributed by atoms with Crippen molar-refractivity contribution in [2.45, 2.75) is 329 Å². The van der Waals surface area contributed by atoms with Gasteiger partial charge in [-0.15, -0.1) is 0 Å². The number of hydrogen-bond acceptors (Lipinski definition) is 6. The van der Waals surface area contributed by atoms with Crippen LogP contribution in [0.4, 0.5) is 0 Å². The quantitative estimate of drug-likeness (QED) is 0.0262. The average molecular weight is 930 g/mol. The Hall–Kier alpha value is -2.11. The Morgan fingerprint density at radius 1 is 0.303 bits per heavy atom. The van der Waals surface area contributed by atoms with Gasteiger partial charge in [0.1, 0.15) is 13.2 Å². The Kier molecular flexibility index (Phi) is 53.7. The van der Waals surface area contributed by atoms with Crippen molar-refractivity contribution >= 4 is 17.9 Å². The largest absolute Gasteiger partial charge is 0.462 e. The van der Waals surface area contributed by atoms with Gasteiger partial charge >= 0.3 is 17.9 Å². The zero-order chi connectivity index (χ0) is 47.9. The SMILES string of the molecule is CCCCC/C=C\C/C=C\CCCCCCCCCC(=O)O[C@H](COC(=O)CCCCCCCCCCCCCC)COC(=O)CCCCCCCCCCCCCCCCCCCCC. The molecule has 0 rings (SSSR count). The number of carbonyl (C=O) groups is 3. The summed E-state index contributed by atoms with van der Waals surface area (Å²) < 4.78 is 16.9. The van der Waals surface area contributed by atoms with E-state index in [1.54, 1.807) is 0 Å². The van der Waals surface area contributed by atoms with Gasteiger partial charge in [0.2, 0.25) is 0 Å². The third-order valence-corrected chi connectivity index (χ3v) is 13.2. The molecule has 0 aliphatic heterocycles. The third-order valence-electron chi connectivity index (χ3n) is 13.2. The molecule has 0 aromatic rings. The Morgan fingerprint density at radius 3 is 0.864 bits per heavy atom. The molecule has 1 atom stereocenters. The number of rotatable bonds is 54. The van der Waals surface area contributed by atoms with Gasteiger partial charge < -0.3 is 14.2 Å². The highest BCUT2D eigenvalue weighted by Gasteiger charge is 2.19. The third kappa shape index (κ3) is 52.9. The number of ether oxygens (including phenoxy) is 3. The second-order valence-electron chi connectivity index (χ2n) is 19.9. The first-order valence-corrected chi connectivity index (χ1v) is 29.3. The van der Waals surface area contributed by atoms with E-state index in [0.717, 1.165) is 70.6 Å². The van der Waals surface area contributed by atoms with Crippen molar-refractivity contribution in [3.63, 3.8) is 0 Å². The van der Waals surface area contributed by atoms with Crippen molar-refractivity contribution in [3.05, 3.63) is 24.3 Å². The topological polar surface area (TPSA) is 78.9 Å². The van der Waals surface area contributed by atoms with Gasteiger partial charge in [0.15, 0.2) is 6.10 Å². The molecule has 0 aromatic carbocycles. The van der Waals surface area contributed by atoms with Crippen LogP contribution in [0.3, 0.4) is 0 Å². The maximum Gasteiger partial charge on any atom is 0.306 e. The maximum atomic E-state index is 12.8. The standard InChI is InChI=1S/C60H112O6/c1-4-7-10-13-16-19-22-25-27-29-30-32-33-35-38-41-44-47-50-53-59(62)65-56-57(55-64-58(61)52-49-46-43-40-37-24-21-18-15-12-9-6-3)66-60(63)54-51-48-45-42-39-36-34-31-28-26-23-20-17-14-11-8-5-2/h17,20,26,28,57H,4-16,18-19,21-25,27,29-56H2,1-3H3/b20-17-,28-26-/t57-/m1/s1. The van der Waals surface area contributed by atoms with Crippen LogP contribution in [0.25, 0.3) is 0 Å². The van der Waals surface area contributed by atoms with Gasteiger partial charge in [-0.25, -0.2) is 0 Å². The van der Waals surface area contributed by atoms with Gasteiger partial charge in [-0.2, -0.15) is 0 Å². The van der Waals surface area contributed by atoms with E-state index in [1.807, 2.05) is 0 Å². The summed E-state index contributed by atoms with van der Waals surface area (Å²) in [6.07, 6.45) is 64.5. The molecule has 0 radical (unpaired) electrons.